The van der Waals surface area contributed by atoms with E-state index in [2.05, 4.69) is 5.32 Å². The third-order valence-corrected chi connectivity index (χ3v) is 5.54. The predicted octanol–water partition coefficient (Wildman–Crippen LogP) is 5.29. The fraction of sp³-hybridized carbons (Fsp3) is 0.556. The molecule has 0 heterocycles. The van der Waals surface area contributed by atoms with E-state index in [9.17, 15) is 14.0 Å². The minimum absolute atomic E-state index is 0.0684. The van der Waals surface area contributed by atoms with Gasteiger partial charge in [-0.3, -0.25) is 9.59 Å². The molecule has 1 aromatic carbocycles. The van der Waals surface area contributed by atoms with Crippen LogP contribution in [-0.4, -0.2) is 23.7 Å². The quantitative estimate of drug-likeness (QED) is 0.460. The number of carbonyl (C=O) groups is 2. The van der Waals surface area contributed by atoms with Crippen molar-refractivity contribution in [3.05, 3.63) is 23.0 Å². The van der Waals surface area contributed by atoms with Gasteiger partial charge in [-0.25, -0.2) is 4.39 Å². The number of rotatable bonds is 9. The van der Waals surface area contributed by atoms with Gasteiger partial charge in [0.25, 0.3) is 0 Å². The van der Waals surface area contributed by atoms with Crippen molar-refractivity contribution < 1.29 is 18.7 Å². The van der Waals surface area contributed by atoms with Crippen molar-refractivity contribution in [2.45, 2.75) is 57.1 Å². The third-order valence-electron chi connectivity index (χ3n) is 3.72. The van der Waals surface area contributed by atoms with E-state index in [1.807, 2.05) is 20.8 Å². The van der Waals surface area contributed by atoms with Gasteiger partial charge in [-0.2, -0.15) is 0 Å². The zero-order chi connectivity index (χ0) is 19.0. The van der Waals surface area contributed by atoms with Gasteiger partial charge in [0.1, 0.15) is 11.1 Å². The molecule has 140 valence electrons. The van der Waals surface area contributed by atoms with E-state index in [-0.39, 0.29) is 28.5 Å². The molecule has 0 radical (unpaired) electrons. The maximum absolute atomic E-state index is 14.1. The lowest BCUT2D eigenvalue weighted by Gasteiger charge is -2.16. The van der Waals surface area contributed by atoms with E-state index in [4.69, 9.17) is 16.3 Å². The molecule has 2 unspecified atom stereocenters. The molecule has 0 aliphatic heterocycles. The molecule has 1 aromatic rings. The molecule has 1 N–H and O–H groups in total. The Balaban J connectivity index is 2.94. The van der Waals surface area contributed by atoms with Gasteiger partial charge in [-0.15, -0.1) is 11.8 Å². The molecule has 2 atom stereocenters. The van der Waals surface area contributed by atoms with Crippen LogP contribution in [0.1, 0.15) is 47.0 Å². The molecule has 0 aliphatic carbocycles. The first kappa shape index (κ1) is 21.8. The fourth-order valence-electron chi connectivity index (χ4n) is 2.06. The molecule has 4 nitrogen and oxygen atoms in total. The summed E-state index contributed by atoms with van der Waals surface area (Å²) in [5.74, 6) is -0.963. The number of thioether (sulfide) groups is 1. The number of esters is 1. The largest absolute Gasteiger partial charge is 0.465 e. The van der Waals surface area contributed by atoms with Crippen LogP contribution in [0.3, 0.4) is 0 Å². The average Bonchev–Trinajstić information content (AvgIpc) is 2.56. The highest BCUT2D eigenvalue weighted by Crippen LogP contribution is 2.36. The normalized spacial score (nSPS) is 13.2. The lowest BCUT2D eigenvalue weighted by atomic mass is 10.1. The van der Waals surface area contributed by atoms with Crippen LogP contribution >= 0.6 is 23.4 Å². The molecule has 0 spiro atoms. The molecule has 0 saturated heterocycles. The second-order valence-electron chi connectivity index (χ2n) is 5.79. The van der Waals surface area contributed by atoms with E-state index >= 15 is 0 Å². The van der Waals surface area contributed by atoms with Crippen LogP contribution in [0.25, 0.3) is 0 Å². The summed E-state index contributed by atoms with van der Waals surface area (Å²) < 4.78 is 19.1. The molecule has 1 rings (SSSR count). The SMILES string of the molecule is CCOC(=O)C(CC)Sc1cc(NC(=O)CC(C)CC)c(F)cc1Cl. The Bertz CT molecular complexity index is 612. The number of hydrogen-bond donors (Lipinski definition) is 1. The zero-order valence-electron chi connectivity index (χ0n) is 15.0. The average molecular weight is 390 g/mol. The molecule has 0 bridgehead atoms. The number of carbonyl (C=O) groups excluding carboxylic acids is 2. The second-order valence-corrected chi connectivity index (χ2v) is 7.45. The Morgan fingerprint density at radius 2 is 1.96 bits per heavy atom. The van der Waals surface area contributed by atoms with Crippen molar-refractivity contribution in [1.82, 2.24) is 0 Å². The van der Waals surface area contributed by atoms with Crippen molar-refractivity contribution in [3.8, 4) is 0 Å². The summed E-state index contributed by atoms with van der Waals surface area (Å²) in [5.41, 5.74) is 0.0684. The first-order valence-corrected chi connectivity index (χ1v) is 9.70. The number of nitrogens with one attached hydrogen (secondary N) is 1. The summed E-state index contributed by atoms with van der Waals surface area (Å²) in [6, 6.07) is 2.62. The Morgan fingerprint density at radius 3 is 2.52 bits per heavy atom. The van der Waals surface area contributed by atoms with Crippen LogP contribution < -0.4 is 5.32 Å². The lowest BCUT2D eigenvalue weighted by molar-refractivity contribution is -0.142. The summed E-state index contributed by atoms with van der Waals surface area (Å²) in [5, 5.41) is 2.35. The lowest BCUT2D eigenvalue weighted by Crippen LogP contribution is -2.19. The number of benzene rings is 1. The van der Waals surface area contributed by atoms with E-state index in [1.54, 1.807) is 6.92 Å². The van der Waals surface area contributed by atoms with Crippen molar-refractivity contribution >= 4 is 40.9 Å². The standard InChI is InChI=1S/C18H25ClFNO3S/c1-5-11(4)8-17(22)21-14-10-16(12(19)9-13(14)20)25-15(6-2)18(23)24-7-3/h9-11,15H,5-8H2,1-4H3,(H,21,22). The second kappa shape index (κ2) is 10.7. The van der Waals surface area contributed by atoms with Crippen LogP contribution in [0.4, 0.5) is 10.1 Å². The molecule has 7 heteroatoms. The predicted molar refractivity (Wildman–Crippen MR) is 101 cm³/mol. The van der Waals surface area contributed by atoms with Crippen molar-refractivity contribution in [1.29, 1.82) is 0 Å². The van der Waals surface area contributed by atoms with Crippen molar-refractivity contribution in [2.24, 2.45) is 5.92 Å². The van der Waals surface area contributed by atoms with Crippen LogP contribution in [0, 0.1) is 11.7 Å². The third kappa shape index (κ3) is 6.86. The highest BCUT2D eigenvalue weighted by atomic mass is 35.5. The fourth-order valence-corrected chi connectivity index (χ4v) is 3.34. The Morgan fingerprint density at radius 1 is 1.28 bits per heavy atom. The summed E-state index contributed by atoms with van der Waals surface area (Å²) in [6.07, 6.45) is 1.74. The smallest absolute Gasteiger partial charge is 0.319 e. The van der Waals surface area contributed by atoms with Gasteiger partial charge in [-0.05, 0) is 31.4 Å². The van der Waals surface area contributed by atoms with Crippen LogP contribution in [0.2, 0.25) is 5.02 Å². The van der Waals surface area contributed by atoms with E-state index in [0.717, 1.165) is 12.5 Å². The van der Waals surface area contributed by atoms with Gasteiger partial charge in [0.2, 0.25) is 5.91 Å². The molecular weight excluding hydrogens is 365 g/mol. The monoisotopic (exact) mass is 389 g/mol. The summed E-state index contributed by atoms with van der Waals surface area (Å²) in [7, 11) is 0. The van der Waals surface area contributed by atoms with Crippen molar-refractivity contribution in [3.63, 3.8) is 0 Å². The van der Waals surface area contributed by atoms with Gasteiger partial charge >= 0.3 is 5.97 Å². The number of anilines is 1. The molecule has 0 aromatic heterocycles. The number of hydrogen-bond acceptors (Lipinski definition) is 4. The highest BCUT2D eigenvalue weighted by molar-refractivity contribution is 8.00. The molecule has 0 aliphatic rings. The number of halogens is 2. The van der Waals surface area contributed by atoms with E-state index in [1.165, 1.54) is 17.8 Å². The first-order chi connectivity index (χ1) is 11.8. The van der Waals surface area contributed by atoms with Gasteiger partial charge in [0.15, 0.2) is 0 Å². The van der Waals surface area contributed by atoms with Gasteiger partial charge in [0, 0.05) is 11.3 Å². The molecule has 0 saturated carbocycles. The Labute approximate surface area is 157 Å². The van der Waals surface area contributed by atoms with Gasteiger partial charge < -0.3 is 10.1 Å². The molecular formula is C18H25ClFNO3S. The van der Waals surface area contributed by atoms with Crippen LogP contribution in [0.5, 0.6) is 0 Å². The van der Waals surface area contributed by atoms with Gasteiger partial charge in [0.05, 0.1) is 17.3 Å². The maximum Gasteiger partial charge on any atom is 0.319 e. The number of amides is 1. The minimum Gasteiger partial charge on any atom is -0.465 e. The van der Waals surface area contributed by atoms with Crippen molar-refractivity contribution in [2.75, 3.05) is 11.9 Å². The minimum atomic E-state index is -0.601. The molecule has 25 heavy (non-hydrogen) atoms. The van der Waals surface area contributed by atoms with E-state index in [0.29, 0.717) is 24.3 Å². The van der Waals surface area contributed by atoms with Crippen LogP contribution in [-0.2, 0) is 14.3 Å². The summed E-state index contributed by atoms with van der Waals surface area (Å²) >= 11 is 7.31. The Hall–Kier alpha value is -1.27. The zero-order valence-corrected chi connectivity index (χ0v) is 16.6. The molecule has 1 amide bonds. The molecule has 0 fully saturated rings. The van der Waals surface area contributed by atoms with Crippen LogP contribution in [0.15, 0.2) is 17.0 Å². The topological polar surface area (TPSA) is 55.4 Å². The highest BCUT2D eigenvalue weighted by Gasteiger charge is 2.22. The first-order valence-electron chi connectivity index (χ1n) is 8.44. The summed E-state index contributed by atoms with van der Waals surface area (Å²) in [6.45, 7) is 7.86. The summed E-state index contributed by atoms with van der Waals surface area (Å²) in [4.78, 5) is 24.5. The van der Waals surface area contributed by atoms with E-state index < -0.39 is 11.1 Å². The maximum atomic E-state index is 14.1. The number of ether oxygens (including phenoxy) is 1. The Kier molecular flexibility index (Phi) is 9.28. The van der Waals surface area contributed by atoms with Gasteiger partial charge in [-0.1, -0.05) is 38.8 Å².